The summed E-state index contributed by atoms with van der Waals surface area (Å²) in [5, 5.41) is 19.3. The largest absolute Gasteiger partial charge is 0.396 e. The highest BCUT2D eigenvalue weighted by atomic mass is 16.3. The van der Waals surface area contributed by atoms with Crippen molar-refractivity contribution in [1.82, 2.24) is 19.5 Å². The number of nitrogens with two attached hydrogens (primary N) is 1. The molecule has 21 heavy (non-hydrogen) atoms. The van der Waals surface area contributed by atoms with Gasteiger partial charge in [0.15, 0.2) is 11.5 Å². The first kappa shape index (κ1) is 13.5. The molecule has 4 N–H and O–H groups in total. The molecule has 0 spiro atoms. The Kier molecular flexibility index (Phi) is 2.93. The van der Waals surface area contributed by atoms with Gasteiger partial charge in [-0.15, -0.1) is 6.42 Å². The fraction of sp³-hybridized carbons (Fsp3) is 0.357. The summed E-state index contributed by atoms with van der Waals surface area (Å²) in [6, 6.07) is -0.280. The minimum absolute atomic E-state index is 0.172. The SMILES string of the molecule is C#CC1(CO)C(=C)C(n2cnc3c(N)ncnc32)C1CO. The average Bonchev–Trinajstić information content (AvgIpc) is 2.91. The Bertz CT molecular complexity index is 762. The zero-order valence-corrected chi connectivity index (χ0v) is 11.3. The molecule has 1 aliphatic carbocycles. The standard InChI is InChI=1S/C14H15N5O2/c1-3-14(5-21)8(2)11(9(14)4-20)19-7-18-10-12(15)16-6-17-13(10)19/h1,6-7,9,11,20-21H,2,4-5H2,(H2,15,16,17). The van der Waals surface area contributed by atoms with E-state index in [-0.39, 0.29) is 31.0 Å². The van der Waals surface area contributed by atoms with E-state index >= 15 is 0 Å². The second-order valence-electron chi connectivity index (χ2n) is 5.12. The van der Waals surface area contributed by atoms with Crippen LogP contribution >= 0.6 is 0 Å². The maximum atomic E-state index is 9.66. The van der Waals surface area contributed by atoms with Crippen molar-refractivity contribution in [2.75, 3.05) is 18.9 Å². The van der Waals surface area contributed by atoms with E-state index in [0.29, 0.717) is 16.7 Å². The van der Waals surface area contributed by atoms with Crippen LogP contribution in [0.15, 0.2) is 24.8 Å². The van der Waals surface area contributed by atoms with E-state index in [1.807, 2.05) is 0 Å². The fourth-order valence-electron chi connectivity index (χ4n) is 3.07. The third-order valence-corrected chi connectivity index (χ3v) is 4.33. The minimum atomic E-state index is -0.908. The highest BCUT2D eigenvalue weighted by Crippen LogP contribution is 2.57. The molecule has 0 saturated heterocycles. The number of imidazole rings is 1. The van der Waals surface area contributed by atoms with Crippen molar-refractivity contribution in [2.24, 2.45) is 11.3 Å². The minimum Gasteiger partial charge on any atom is -0.396 e. The van der Waals surface area contributed by atoms with Gasteiger partial charge in [-0.05, 0) is 5.57 Å². The van der Waals surface area contributed by atoms with Crippen molar-refractivity contribution in [2.45, 2.75) is 6.04 Å². The number of rotatable bonds is 3. The van der Waals surface area contributed by atoms with Crippen LogP contribution in [-0.4, -0.2) is 42.9 Å². The number of hydrogen-bond donors (Lipinski definition) is 3. The van der Waals surface area contributed by atoms with Gasteiger partial charge in [0.1, 0.15) is 11.8 Å². The topological polar surface area (TPSA) is 110 Å². The highest BCUT2D eigenvalue weighted by molar-refractivity contribution is 5.81. The number of anilines is 1. The number of aliphatic hydroxyl groups is 2. The molecule has 1 aliphatic rings. The summed E-state index contributed by atoms with van der Waals surface area (Å²) in [7, 11) is 0. The molecule has 7 heteroatoms. The van der Waals surface area contributed by atoms with E-state index in [0.717, 1.165) is 0 Å². The molecular formula is C14H15N5O2. The molecule has 3 rings (SSSR count). The zero-order chi connectivity index (χ0) is 15.2. The summed E-state index contributed by atoms with van der Waals surface area (Å²) in [4.78, 5) is 12.3. The maximum Gasteiger partial charge on any atom is 0.165 e. The molecule has 3 atom stereocenters. The third kappa shape index (κ3) is 1.54. The van der Waals surface area contributed by atoms with Gasteiger partial charge in [-0.25, -0.2) is 15.0 Å². The van der Waals surface area contributed by atoms with Gasteiger partial charge in [0, 0.05) is 5.92 Å². The fourth-order valence-corrected chi connectivity index (χ4v) is 3.07. The Balaban J connectivity index is 2.11. The second-order valence-corrected chi connectivity index (χ2v) is 5.12. The van der Waals surface area contributed by atoms with Crippen LogP contribution in [0.25, 0.3) is 11.2 Å². The smallest absolute Gasteiger partial charge is 0.165 e. The Morgan fingerprint density at radius 3 is 2.81 bits per heavy atom. The number of terminal acetylenes is 1. The molecule has 1 fully saturated rings. The number of aliphatic hydroxyl groups excluding tert-OH is 2. The Morgan fingerprint density at radius 2 is 2.19 bits per heavy atom. The lowest BCUT2D eigenvalue weighted by Crippen LogP contribution is -2.54. The van der Waals surface area contributed by atoms with Crippen LogP contribution in [0.3, 0.4) is 0 Å². The molecule has 0 amide bonds. The second kappa shape index (κ2) is 4.55. The molecule has 2 aromatic rings. The third-order valence-electron chi connectivity index (χ3n) is 4.33. The van der Waals surface area contributed by atoms with Gasteiger partial charge in [-0.3, -0.25) is 0 Å². The van der Waals surface area contributed by atoms with Crippen LogP contribution in [0.5, 0.6) is 0 Å². The first-order valence-electron chi connectivity index (χ1n) is 6.42. The van der Waals surface area contributed by atoms with Gasteiger partial charge >= 0.3 is 0 Å². The van der Waals surface area contributed by atoms with Gasteiger partial charge in [0.2, 0.25) is 0 Å². The summed E-state index contributed by atoms with van der Waals surface area (Å²) in [6.07, 6.45) is 8.46. The molecule has 0 aliphatic heterocycles. The van der Waals surface area contributed by atoms with E-state index < -0.39 is 5.41 Å². The monoisotopic (exact) mass is 285 g/mol. The number of fused-ring (bicyclic) bond motifs is 1. The predicted molar refractivity (Wildman–Crippen MR) is 76.8 cm³/mol. The molecule has 3 unspecified atom stereocenters. The number of hydrogen-bond acceptors (Lipinski definition) is 6. The molecule has 0 radical (unpaired) electrons. The quantitative estimate of drug-likeness (QED) is 0.529. The van der Waals surface area contributed by atoms with Crippen molar-refractivity contribution in [3.63, 3.8) is 0 Å². The zero-order valence-electron chi connectivity index (χ0n) is 11.3. The van der Waals surface area contributed by atoms with Crippen LogP contribution in [0.1, 0.15) is 6.04 Å². The predicted octanol–water partition coefficient (Wildman–Crippen LogP) is -0.260. The molecule has 2 heterocycles. The van der Waals surface area contributed by atoms with Crippen LogP contribution in [0, 0.1) is 23.7 Å². The summed E-state index contributed by atoms with van der Waals surface area (Å²) in [6.45, 7) is 3.56. The molecule has 7 nitrogen and oxygen atoms in total. The molecule has 1 saturated carbocycles. The van der Waals surface area contributed by atoms with Crippen molar-refractivity contribution in [3.8, 4) is 12.3 Å². The molecular weight excluding hydrogens is 270 g/mol. The van der Waals surface area contributed by atoms with E-state index in [1.165, 1.54) is 6.33 Å². The molecule has 0 aromatic carbocycles. The van der Waals surface area contributed by atoms with Gasteiger partial charge in [-0.1, -0.05) is 12.5 Å². The summed E-state index contributed by atoms with van der Waals surface area (Å²) in [5.74, 6) is 2.50. The Morgan fingerprint density at radius 1 is 1.43 bits per heavy atom. The summed E-state index contributed by atoms with van der Waals surface area (Å²) < 4.78 is 1.77. The van der Waals surface area contributed by atoms with Gasteiger partial charge in [0.05, 0.1) is 31.0 Å². The first-order valence-corrected chi connectivity index (χ1v) is 6.42. The van der Waals surface area contributed by atoms with Crippen LogP contribution in [0.4, 0.5) is 5.82 Å². The van der Waals surface area contributed by atoms with E-state index in [1.54, 1.807) is 10.9 Å². The van der Waals surface area contributed by atoms with Crippen molar-refractivity contribution in [3.05, 3.63) is 24.8 Å². The van der Waals surface area contributed by atoms with E-state index in [9.17, 15) is 10.2 Å². The van der Waals surface area contributed by atoms with Crippen LogP contribution < -0.4 is 5.73 Å². The maximum absolute atomic E-state index is 9.66. The lowest BCUT2D eigenvalue weighted by molar-refractivity contribution is 0.00830. The van der Waals surface area contributed by atoms with Crippen LogP contribution in [-0.2, 0) is 0 Å². The molecule has 2 aromatic heterocycles. The van der Waals surface area contributed by atoms with Crippen molar-refractivity contribution in [1.29, 1.82) is 0 Å². The number of nitrogens with zero attached hydrogens (tertiary/aromatic N) is 4. The van der Waals surface area contributed by atoms with Crippen molar-refractivity contribution >= 4 is 17.0 Å². The first-order chi connectivity index (χ1) is 10.1. The van der Waals surface area contributed by atoms with E-state index in [2.05, 4.69) is 27.5 Å². The number of aromatic nitrogens is 4. The van der Waals surface area contributed by atoms with Crippen molar-refractivity contribution < 1.29 is 10.2 Å². The molecule has 108 valence electrons. The lowest BCUT2D eigenvalue weighted by Gasteiger charge is -2.53. The summed E-state index contributed by atoms with van der Waals surface area (Å²) >= 11 is 0. The molecule has 0 bridgehead atoms. The van der Waals surface area contributed by atoms with Gasteiger partial charge in [0.25, 0.3) is 0 Å². The average molecular weight is 285 g/mol. The van der Waals surface area contributed by atoms with Gasteiger partial charge < -0.3 is 20.5 Å². The Labute approximate surface area is 121 Å². The normalized spacial score (nSPS) is 28.3. The lowest BCUT2D eigenvalue weighted by atomic mass is 9.54. The van der Waals surface area contributed by atoms with Crippen LogP contribution in [0.2, 0.25) is 0 Å². The highest BCUT2D eigenvalue weighted by Gasteiger charge is 2.57. The summed E-state index contributed by atoms with van der Waals surface area (Å²) in [5.41, 5.74) is 6.55. The Hall–Kier alpha value is -2.43. The number of nitrogen functional groups attached to an aromatic ring is 1. The van der Waals surface area contributed by atoms with E-state index in [4.69, 9.17) is 12.2 Å². The van der Waals surface area contributed by atoms with Gasteiger partial charge in [-0.2, -0.15) is 0 Å².